The Bertz CT molecular complexity index is 1690. The largest absolute Gasteiger partial charge is 0.454 e. The van der Waals surface area contributed by atoms with Gasteiger partial charge in [-0.05, 0) is 30.3 Å². The topological polar surface area (TPSA) is 65.7 Å². The molecule has 0 amide bonds. The third-order valence-corrected chi connectivity index (χ3v) is 5.68. The normalized spacial score (nSPS) is 11.3. The van der Waals surface area contributed by atoms with E-state index in [1.807, 2.05) is 47.0 Å². The number of furan rings is 1. The SMILES string of the molecule is N#Cc1cccc(C#N)c1-n1c2ccccc2c2ccc3c4ccccc4oc3c21. The quantitative estimate of drug-likeness (QED) is 0.329. The maximum atomic E-state index is 9.81. The highest BCUT2D eigenvalue weighted by Gasteiger charge is 2.21. The van der Waals surface area contributed by atoms with Gasteiger partial charge in [-0.25, -0.2) is 0 Å². The van der Waals surface area contributed by atoms with Crippen molar-refractivity contribution in [3.8, 4) is 17.8 Å². The minimum absolute atomic E-state index is 0.449. The number of fused-ring (bicyclic) bond motifs is 7. The summed E-state index contributed by atoms with van der Waals surface area (Å²) >= 11 is 0. The number of aromatic nitrogens is 1. The fraction of sp³-hybridized carbons (Fsp3) is 0. The molecule has 0 aliphatic heterocycles. The van der Waals surface area contributed by atoms with Gasteiger partial charge in [-0.3, -0.25) is 0 Å². The van der Waals surface area contributed by atoms with Crippen LogP contribution < -0.4 is 0 Å². The van der Waals surface area contributed by atoms with E-state index >= 15 is 0 Å². The van der Waals surface area contributed by atoms with Crippen molar-refractivity contribution in [2.75, 3.05) is 0 Å². The second kappa shape index (κ2) is 5.98. The van der Waals surface area contributed by atoms with E-state index in [-0.39, 0.29) is 0 Å². The van der Waals surface area contributed by atoms with Crippen LogP contribution in [0.3, 0.4) is 0 Å². The summed E-state index contributed by atoms with van der Waals surface area (Å²) in [5, 5.41) is 23.7. The maximum Gasteiger partial charge on any atom is 0.160 e. The summed E-state index contributed by atoms with van der Waals surface area (Å²) < 4.78 is 8.32. The smallest absolute Gasteiger partial charge is 0.160 e. The van der Waals surface area contributed by atoms with E-state index in [0.29, 0.717) is 16.8 Å². The predicted octanol–water partition coefficient (Wildman–Crippen LogP) is 6.43. The first-order valence-corrected chi connectivity index (χ1v) is 9.59. The molecule has 0 aliphatic carbocycles. The van der Waals surface area contributed by atoms with Gasteiger partial charge in [-0.1, -0.05) is 48.5 Å². The van der Waals surface area contributed by atoms with Gasteiger partial charge < -0.3 is 8.98 Å². The number of rotatable bonds is 1. The zero-order valence-electron chi connectivity index (χ0n) is 15.8. The molecule has 0 bridgehead atoms. The number of hydrogen-bond donors (Lipinski definition) is 0. The van der Waals surface area contributed by atoms with Crippen LogP contribution in [0.2, 0.25) is 0 Å². The molecule has 4 heteroatoms. The van der Waals surface area contributed by atoms with Crippen LogP contribution in [0.15, 0.2) is 83.3 Å². The van der Waals surface area contributed by atoms with E-state index in [0.717, 1.165) is 43.7 Å². The number of para-hydroxylation sites is 3. The van der Waals surface area contributed by atoms with Crippen LogP contribution in [0.25, 0.3) is 49.4 Å². The lowest BCUT2D eigenvalue weighted by Crippen LogP contribution is -2.01. The van der Waals surface area contributed by atoms with Crippen LogP contribution in [0.1, 0.15) is 11.1 Å². The molecule has 138 valence electrons. The van der Waals surface area contributed by atoms with Gasteiger partial charge in [0.1, 0.15) is 17.7 Å². The van der Waals surface area contributed by atoms with Gasteiger partial charge in [0.05, 0.1) is 27.8 Å². The Kier molecular flexibility index (Phi) is 3.27. The van der Waals surface area contributed by atoms with Crippen LogP contribution in [0.4, 0.5) is 0 Å². The summed E-state index contributed by atoms with van der Waals surface area (Å²) in [6, 6.07) is 29.9. The monoisotopic (exact) mass is 383 g/mol. The molecule has 4 nitrogen and oxygen atoms in total. The molecule has 0 unspecified atom stereocenters. The molecule has 2 aromatic heterocycles. The average Bonchev–Trinajstić information content (AvgIpc) is 3.34. The van der Waals surface area contributed by atoms with E-state index in [1.54, 1.807) is 18.2 Å². The van der Waals surface area contributed by atoms with Crippen LogP contribution >= 0.6 is 0 Å². The second-order valence-electron chi connectivity index (χ2n) is 7.21. The molecule has 6 rings (SSSR count). The lowest BCUT2D eigenvalue weighted by atomic mass is 10.1. The highest BCUT2D eigenvalue weighted by Crippen LogP contribution is 2.41. The van der Waals surface area contributed by atoms with Gasteiger partial charge in [0, 0.05) is 21.5 Å². The zero-order chi connectivity index (χ0) is 20.2. The van der Waals surface area contributed by atoms with Gasteiger partial charge in [-0.2, -0.15) is 10.5 Å². The third-order valence-electron chi connectivity index (χ3n) is 5.68. The van der Waals surface area contributed by atoms with Gasteiger partial charge >= 0.3 is 0 Å². The highest BCUT2D eigenvalue weighted by molar-refractivity contribution is 6.21. The van der Waals surface area contributed by atoms with E-state index in [2.05, 4.69) is 30.3 Å². The third kappa shape index (κ3) is 2.02. The second-order valence-corrected chi connectivity index (χ2v) is 7.21. The fourth-order valence-electron chi connectivity index (χ4n) is 4.43. The lowest BCUT2D eigenvalue weighted by molar-refractivity contribution is 0.671. The molecule has 2 heterocycles. The number of nitriles is 2. The van der Waals surface area contributed by atoms with Gasteiger partial charge in [0.25, 0.3) is 0 Å². The van der Waals surface area contributed by atoms with E-state index in [9.17, 15) is 10.5 Å². The Morgan fingerprint density at radius 3 is 2.07 bits per heavy atom. The van der Waals surface area contributed by atoms with Crippen LogP contribution in [-0.4, -0.2) is 4.57 Å². The van der Waals surface area contributed by atoms with Crippen molar-refractivity contribution in [1.29, 1.82) is 10.5 Å². The van der Waals surface area contributed by atoms with Gasteiger partial charge in [0.2, 0.25) is 0 Å². The molecule has 0 saturated carbocycles. The lowest BCUT2D eigenvalue weighted by Gasteiger charge is -2.11. The fourth-order valence-corrected chi connectivity index (χ4v) is 4.43. The molecule has 4 aromatic carbocycles. The first-order valence-electron chi connectivity index (χ1n) is 9.59. The van der Waals surface area contributed by atoms with Crippen LogP contribution in [-0.2, 0) is 0 Å². The minimum Gasteiger partial charge on any atom is -0.454 e. The number of nitrogens with zero attached hydrogens (tertiary/aromatic N) is 3. The predicted molar refractivity (Wildman–Crippen MR) is 117 cm³/mol. The van der Waals surface area contributed by atoms with Crippen molar-refractivity contribution >= 4 is 43.7 Å². The molecule has 0 N–H and O–H groups in total. The summed E-state index contributed by atoms with van der Waals surface area (Å²) in [5.74, 6) is 0. The van der Waals surface area contributed by atoms with Crippen molar-refractivity contribution in [1.82, 2.24) is 4.57 Å². The minimum atomic E-state index is 0.449. The first-order chi connectivity index (χ1) is 14.8. The van der Waals surface area contributed by atoms with Crippen molar-refractivity contribution < 1.29 is 4.42 Å². The molecule has 30 heavy (non-hydrogen) atoms. The van der Waals surface area contributed by atoms with E-state index in [4.69, 9.17) is 4.42 Å². The van der Waals surface area contributed by atoms with E-state index in [1.165, 1.54) is 0 Å². The maximum absolute atomic E-state index is 9.81. The van der Waals surface area contributed by atoms with Crippen molar-refractivity contribution in [3.63, 3.8) is 0 Å². The summed E-state index contributed by atoms with van der Waals surface area (Å²) in [6.07, 6.45) is 0. The van der Waals surface area contributed by atoms with Crippen LogP contribution in [0.5, 0.6) is 0 Å². The van der Waals surface area contributed by atoms with Gasteiger partial charge in [-0.15, -0.1) is 0 Å². The Labute approximate surface area is 171 Å². The molecule has 0 saturated heterocycles. The Balaban J connectivity index is 1.94. The van der Waals surface area contributed by atoms with Crippen molar-refractivity contribution in [2.24, 2.45) is 0 Å². The summed E-state index contributed by atoms with van der Waals surface area (Å²) in [4.78, 5) is 0. The molecular weight excluding hydrogens is 370 g/mol. The van der Waals surface area contributed by atoms with Crippen LogP contribution in [0, 0.1) is 22.7 Å². The number of benzene rings is 4. The Hall–Kier alpha value is -4.54. The molecule has 6 aromatic rings. The molecule has 0 fully saturated rings. The summed E-state index contributed by atoms with van der Waals surface area (Å²) in [7, 11) is 0. The van der Waals surface area contributed by atoms with E-state index < -0.39 is 0 Å². The molecule has 0 radical (unpaired) electrons. The zero-order valence-corrected chi connectivity index (χ0v) is 15.8. The Morgan fingerprint density at radius 2 is 1.30 bits per heavy atom. The number of hydrogen-bond acceptors (Lipinski definition) is 3. The molecule has 0 spiro atoms. The summed E-state index contributed by atoms with van der Waals surface area (Å²) in [5.41, 5.74) is 4.84. The van der Waals surface area contributed by atoms with Crippen molar-refractivity contribution in [3.05, 3.63) is 90.0 Å². The highest BCUT2D eigenvalue weighted by atomic mass is 16.3. The standard InChI is InChI=1S/C26H13N3O/c27-14-16-6-5-7-17(15-28)24(16)29-22-10-3-1-8-18(22)20-12-13-21-19-9-2-4-11-23(19)30-26(21)25(20)29/h1-13H. The molecular formula is C26H13N3O. The van der Waals surface area contributed by atoms with Gasteiger partial charge in [0.15, 0.2) is 5.58 Å². The summed E-state index contributed by atoms with van der Waals surface area (Å²) in [6.45, 7) is 0. The molecule has 0 aliphatic rings. The molecule has 0 atom stereocenters. The Morgan fingerprint density at radius 1 is 0.633 bits per heavy atom. The van der Waals surface area contributed by atoms with Crippen molar-refractivity contribution in [2.45, 2.75) is 0 Å². The average molecular weight is 383 g/mol. The first kappa shape index (κ1) is 16.4.